The minimum Gasteiger partial charge on any atom is -0.382 e. The SMILES string of the molecule is CC(C)Nc1nn(-c2cccc(F)c2)c(N)c1S(C)(=O)=O. The molecule has 0 aliphatic rings. The molecule has 3 N–H and O–H groups in total. The number of nitrogens with two attached hydrogens (primary N) is 1. The van der Waals surface area contributed by atoms with Crippen LogP contribution in [0.25, 0.3) is 5.69 Å². The average Bonchev–Trinajstić information content (AvgIpc) is 2.64. The first-order chi connectivity index (χ1) is 9.70. The molecule has 8 heteroatoms. The number of nitrogen functional groups attached to an aromatic ring is 1. The summed E-state index contributed by atoms with van der Waals surface area (Å²) >= 11 is 0. The van der Waals surface area contributed by atoms with Crippen LogP contribution in [0.5, 0.6) is 0 Å². The lowest BCUT2D eigenvalue weighted by atomic mass is 10.3. The molecule has 0 atom stereocenters. The van der Waals surface area contributed by atoms with Crippen LogP contribution in [-0.4, -0.2) is 30.5 Å². The number of nitrogens with one attached hydrogen (secondary N) is 1. The van der Waals surface area contributed by atoms with Crippen molar-refractivity contribution in [2.75, 3.05) is 17.3 Å². The number of benzene rings is 1. The van der Waals surface area contributed by atoms with E-state index in [1.54, 1.807) is 6.07 Å². The van der Waals surface area contributed by atoms with E-state index in [9.17, 15) is 12.8 Å². The van der Waals surface area contributed by atoms with Crippen molar-refractivity contribution in [2.24, 2.45) is 0 Å². The second kappa shape index (κ2) is 5.36. The molecular weight excluding hydrogens is 295 g/mol. The molecule has 21 heavy (non-hydrogen) atoms. The van der Waals surface area contributed by atoms with Crippen LogP contribution in [0, 0.1) is 5.82 Å². The largest absolute Gasteiger partial charge is 0.382 e. The fraction of sp³-hybridized carbons (Fsp3) is 0.308. The van der Waals surface area contributed by atoms with Crippen LogP contribution in [-0.2, 0) is 9.84 Å². The van der Waals surface area contributed by atoms with E-state index in [0.29, 0.717) is 5.69 Å². The molecule has 0 amide bonds. The molecule has 1 aromatic heterocycles. The Balaban J connectivity index is 2.67. The van der Waals surface area contributed by atoms with Crippen LogP contribution < -0.4 is 11.1 Å². The Labute approximate surface area is 122 Å². The fourth-order valence-electron chi connectivity index (χ4n) is 1.95. The van der Waals surface area contributed by atoms with Crippen molar-refractivity contribution in [3.63, 3.8) is 0 Å². The van der Waals surface area contributed by atoms with Gasteiger partial charge in [-0.15, -0.1) is 5.10 Å². The number of nitrogens with zero attached hydrogens (tertiary/aromatic N) is 2. The highest BCUT2D eigenvalue weighted by Gasteiger charge is 2.25. The highest BCUT2D eigenvalue weighted by atomic mass is 32.2. The molecule has 0 radical (unpaired) electrons. The van der Waals surface area contributed by atoms with Crippen molar-refractivity contribution in [2.45, 2.75) is 24.8 Å². The molecule has 0 aliphatic heterocycles. The summed E-state index contributed by atoms with van der Waals surface area (Å²) in [6.07, 6.45) is 1.06. The first-order valence-corrected chi connectivity index (χ1v) is 8.20. The van der Waals surface area contributed by atoms with Crippen LogP contribution in [0.3, 0.4) is 0 Å². The van der Waals surface area contributed by atoms with Crippen LogP contribution >= 0.6 is 0 Å². The molecule has 6 nitrogen and oxygen atoms in total. The van der Waals surface area contributed by atoms with Gasteiger partial charge in [-0.05, 0) is 32.0 Å². The van der Waals surface area contributed by atoms with Gasteiger partial charge >= 0.3 is 0 Å². The Kier molecular flexibility index (Phi) is 3.91. The number of anilines is 2. The minimum absolute atomic E-state index is 0.0271. The molecule has 0 unspecified atom stereocenters. The second-order valence-corrected chi connectivity index (χ2v) is 6.98. The quantitative estimate of drug-likeness (QED) is 0.898. The smallest absolute Gasteiger partial charge is 0.182 e. The monoisotopic (exact) mass is 312 g/mol. The van der Waals surface area contributed by atoms with E-state index in [4.69, 9.17) is 5.73 Å². The summed E-state index contributed by atoms with van der Waals surface area (Å²) < 4.78 is 38.4. The van der Waals surface area contributed by atoms with Gasteiger partial charge in [-0.1, -0.05) is 6.07 Å². The van der Waals surface area contributed by atoms with E-state index in [0.717, 1.165) is 6.26 Å². The summed E-state index contributed by atoms with van der Waals surface area (Å²) in [6, 6.07) is 5.59. The molecule has 114 valence electrons. The van der Waals surface area contributed by atoms with Crippen molar-refractivity contribution in [3.8, 4) is 5.69 Å². The first-order valence-electron chi connectivity index (χ1n) is 6.31. The normalized spacial score (nSPS) is 11.9. The lowest BCUT2D eigenvalue weighted by Gasteiger charge is -2.07. The van der Waals surface area contributed by atoms with Gasteiger partial charge in [0, 0.05) is 12.3 Å². The molecule has 1 heterocycles. The molecule has 0 saturated carbocycles. The highest BCUT2D eigenvalue weighted by molar-refractivity contribution is 7.91. The molecular formula is C13H17FN4O2S. The third-order valence-electron chi connectivity index (χ3n) is 2.72. The highest BCUT2D eigenvalue weighted by Crippen LogP contribution is 2.30. The molecule has 0 spiro atoms. The molecule has 1 aromatic carbocycles. The Morgan fingerprint density at radius 2 is 2.05 bits per heavy atom. The summed E-state index contributed by atoms with van der Waals surface area (Å²) in [6.45, 7) is 3.70. The zero-order chi connectivity index (χ0) is 15.8. The van der Waals surface area contributed by atoms with Gasteiger partial charge in [0.2, 0.25) is 0 Å². The van der Waals surface area contributed by atoms with E-state index in [1.165, 1.54) is 22.9 Å². The lowest BCUT2D eigenvalue weighted by Crippen LogP contribution is -2.13. The van der Waals surface area contributed by atoms with Gasteiger partial charge in [-0.25, -0.2) is 17.5 Å². The fourth-order valence-corrected chi connectivity index (χ4v) is 2.87. The number of halogens is 1. The molecule has 0 bridgehead atoms. The van der Waals surface area contributed by atoms with Crippen molar-refractivity contribution in [1.82, 2.24) is 9.78 Å². The van der Waals surface area contributed by atoms with Crippen LogP contribution in [0.15, 0.2) is 29.2 Å². The number of aromatic nitrogens is 2. The van der Waals surface area contributed by atoms with Gasteiger partial charge in [0.05, 0.1) is 5.69 Å². The summed E-state index contributed by atoms with van der Waals surface area (Å²) in [5.41, 5.74) is 6.26. The predicted molar refractivity (Wildman–Crippen MR) is 79.8 cm³/mol. The summed E-state index contributed by atoms with van der Waals surface area (Å²) in [7, 11) is -3.57. The number of hydrogen-bond acceptors (Lipinski definition) is 5. The van der Waals surface area contributed by atoms with Crippen LogP contribution in [0.1, 0.15) is 13.8 Å². The first kappa shape index (κ1) is 15.3. The Bertz CT molecular complexity index is 768. The minimum atomic E-state index is -3.57. The maximum atomic E-state index is 13.3. The maximum Gasteiger partial charge on any atom is 0.182 e. The van der Waals surface area contributed by atoms with E-state index in [1.807, 2.05) is 13.8 Å². The van der Waals surface area contributed by atoms with Crippen molar-refractivity contribution in [3.05, 3.63) is 30.1 Å². The molecule has 0 fully saturated rings. The summed E-state index contributed by atoms with van der Waals surface area (Å²) in [4.78, 5) is -0.0829. The standard InChI is InChI=1S/C13H17FN4O2S/c1-8(2)16-13-11(21(3,19)20)12(15)18(17-13)10-6-4-5-9(14)7-10/h4-8H,15H2,1-3H3,(H,16,17). The molecule has 2 rings (SSSR count). The third-order valence-corrected chi connectivity index (χ3v) is 3.87. The maximum absolute atomic E-state index is 13.3. The van der Waals surface area contributed by atoms with Crippen molar-refractivity contribution in [1.29, 1.82) is 0 Å². The van der Waals surface area contributed by atoms with Gasteiger partial charge in [-0.2, -0.15) is 0 Å². The number of rotatable bonds is 4. The van der Waals surface area contributed by atoms with Crippen molar-refractivity contribution < 1.29 is 12.8 Å². The van der Waals surface area contributed by atoms with Gasteiger partial charge in [-0.3, -0.25) is 0 Å². The molecule has 2 aromatic rings. The molecule has 0 saturated heterocycles. The van der Waals surface area contributed by atoms with Gasteiger partial charge < -0.3 is 11.1 Å². The van der Waals surface area contributed by atoms with Gasteiger partial charge in [0.1, 0.15) is 11.6 Å². The summed E-state index contributed by atoms with van der Waals surface area (Å²) in [5.74, 6) is -0.345. The predicted octanol–water partition coefficient (Wildman–Crippen LogP) is 1.82. The topological polar surface area (TPSA) is 90.0 Å². The van der Waals surface area contributed by atoms with Crippen LogP contribution in [0.4, 0.5) is 16.0 Å². The van der Waals surface area contributed by atoms with E-state index >= 15 is 0 Å². The Morgan fingerprint density at radius 1 is 1.38 bits per heavy atom. The number of sulfone groups is 1. The van der Waals surface area contributed by atoms with E-state index in [-0.39, 0.29) is 22.6 Å². The van der Waals surface area contributed by atoms with Gasteiger partial charge in [0.25, 0.3) is 0 Å². The summed E-state index contributed by atoms with van der Waals surface area (Å²) in [5, 5.41) is 7.10. The lowest BCUT2D eigenvalue weighted by molar-refractivity contribution is 0.602. The zero-order valence-corrected chi connectivity index (χ0v) is 12.8. The van der Waals surface area contributed by atoms with E-state index < -0.39 is 15.7 Å². The average molecular weight is 312 g/mol. The Hall–Kier alpha value is -2.09. The van der Waals surface area contributed by atoms with Gasteiger partial charge in [0.15, 0.2) is 20.6 Å². The third kappa shape index (κ3) is 3.15. The Morgan fingerprint density at radius 3 is 2.57 bits per heavy atom. The second-order valence-electron chi connectivity index (χ2n) is 5.03. The molecule has 0 aliphatic carbocycles. The van der Waals surface area contributed by atoms with Crippen molar-refractivity contribution >= 4 is 21.5 Å². The van der Waals surface area contributed by atoms with E-state index in [2.05, 4.69) is 10.4 Å². The van der Waals surface area contributed by atoms with Crippen LogP contribution in [0.2, 0.25) is 0 Å². The zero-order valence-electron chi connectivity index (χ0n) is 12.0. The number of hydrogen-bond donors (Lipinski definition) is 2.